The van der Waals surface area contributed by atoms with Crippen molar-refractivity contribution < 1.29 is 0 Å². The van der Waals surface area contributed by atoms with Gasteiger partial charge in [0.25, 0.3) is 0 Å². The molecule has 0 atom stereocenters. The standard InChI is InChI=1S/C14H16N4S/c1-9-5-4-6-12-13(9)16-14(19-12)15-7-11-8-18(3)17-10(11)2/h4-6,8H,7H2,1-3H3,(H,15,16). The fourth-order valence-electron chi connectivity index (χ4n) is 2.15. The molecule has 2 heterocycles. The Kier molecular flexibility index (Phi) is 2.98. The van der Waals surface area contributed by atoms with E-state index in [1.165, 1.54) is 15.8 Å². The molecule has 0 aliphatic heterocycles. The predicted octanol–water partition coefficient (Wildman–Crippen LogP) is 3.26. The van der Waals surface area contributed by atoms with Gasteiger partial charge in [0, 0.05) is 25.4 Å². The van der Waals surface area contributed by atoms with E-state index in [0.29, 0.717) is 0 Å². The molecule has 4 nitrogen and oxygen atoms in total. The predicted molar refractivity (Wildman–Crippen MR) is 79.6 cm³/mol. The lowest BCUT2D eigenvalue weighted by molar-refractivity contribution is 0.756. The van der Waals surface area contributed by atoms with E-state index in [-0.39, 0.29) is 0 Å². The Balaban J connectivity index is 1.82. The monoisotopic (exact) mass is 272 g/mol. The molecule has 0 amide bonds. The number of fused-ring (bicyclic) bond motifs is 1. The maximum Gasteiger partial charge on any atom is 0.184 e. The van der Waals surface area contributed by atoms with Crippen LogP contribution in [-0.2, 0) is 13.6 Å². The van der Waals surface area contributed by atoms with Gasteiger partial charge in [0.15, 0.2) is 5.13 Å². The van der Waals surface area contributed by atoms with E-state index in [1.54, 1.807) is 11.3 Å². The van der Waals surface area contributed by atoms with Crippen LogP contribution in [0.4, 0.5) is 5.13 Å². The van der Waals surface area contributed by atoms with E-state index >= 15 is 0 Å². The number of hydrogen-bond acceptors (Lipinski definition) is 4. The van der Waals surface area contributed by atoms with Crippen molar-refractivity contribution in [2.75, 3.05) is 5.32 Å². The average molecular weight is 272 g/mol. The molecule has 1 aromatic carbocycles. The van der Waals surface area contributed by atoms with Crippen LogP contribution in [0.2, 0.25) is 0 Å². The maximum atomic E-state index is 4.64. The van der Waals surface area contributed by atoms with E-state index in [4.69, 9.17) is 0 Å². The first kappa shape index (κ1) is 12.2. The van der Waals surface area contributed by atoms with Gasteiger partial charge in [-0.3, -0.25) is 4.68 Å². The van der Waals surface area contributed by atoms with Crippen molar-refractivity contribution in [3.05, 3.63) is 41.2 Å². The molecule has 0 spiro atoms. The zero-order valence-corrected chi connectivity index (χ0v) is 12.1. The van der Waals surface area contributed by atoms with Gasteiger partial charge in [0.2, 0.25) is 0 Å². The SMILES string of the molecule is Cc1nn(C)cc1CNc1nc2c(C)cccc2s1. The van der Waals surface area contributed by atoms with Gasteiger partial charge in [0.1, 0.15) is 0 Å². The highest BCUT2D eigenvalue weighted by molar-refractivity contribution is 7.22. The molecule has 0 fully saturated rings. The number of benzene rings is 1. The van der Waals surface area contributed by atoms with Gasteiger partial charge in [0.05, 0.1) is 15.9 Å². The molecule has 2 aromatic heterocycles. The van der Waals surface area contributed by atoms with Crippen LogP contribution in [0, 0.1) is 13.8 Å². The first-order valence-electron chi connectivity index (χ1n) is 6.22. The molecule has 3 aromatic rings. The Hall–Kier alpha value is -1.88. The Morgan fingerprint density at radius 2 is 2.16 bits per heavy atom. The highest BCUT2D eigenvalue weighted by atomic mass is 32.1. The van der Waals surface area contributed by atoms with Crippen molar-refractivity contribution in [1.29, 1.82) is 0 Å². The molecular formula is C14H16N4S. The number of nitrogens with one attached hydrogen (secondary N) is 1. The van der Waals surface area contributed by atoms with Gasteiger partial charge in [-0.05, 0) is 25.5 Å². The Bertz CT molecular complexity index is 726. The molecule has 3 rings (SSSR count). The summed E-state index contributed by atoms with van der Waals surface area (Å²) in [4.78, 5) is 4.64. The van der Waals surface area contributed by atoms with Crippen molar-refractivity contribution in [1.82, 2.24) is 14.8 Å². The Morgan fingerprint density at radius 1 is 1.32 bits per heavy atom. The summed E-state index contributed by atoms with van der Waals surface area (Å²) in [6.07, 6.45) is 2.04. The van der Waals surface area contributed by atoms with Gasteiger partial charge < -0.3 is 5.32 Å². The zero-order valence-electron chi connectivity index (χ0n) is 11.3. The summed E-state index contributed by atoms with van der Waals surface area (Å²) < 4.78 is 3.07. The molecule has 0 radical (unpaired) electrons. The molecule has 98 valence electrons. The number of anilines is 1. The molecule has 1 N–H and O–H groups in total. The average Bonchev–Trinajstić information content (AvgIpc) is 2.91. The normalized spacial score (nSPS) is 11.1. The van der Waals surface area contributed by atoms with Crippen LogP contribution >= 0.6 is 11.3 Å². The number of para-hydroxylation sites is 1. The van der Waals surface area contributed by atoms with Crippen LogP contribution in [0.15, 0.2) is 24.4 Å². The number of nitrogens with zero attached hydrogens (tertiary/aromatic N) is 3. The van der Waals surface area contributed by atoms with E-state index in [9.17, 15) is 0 Å². The minimum atomic E-state index is 0.762. The van der Waals surface area contributed by atoms with Crippen molar-refractivity contribution in [3.63, 3.8) is 0 Å². The van der Waals surface area contributed by atoms with E-state index in [2.05, 4.69) is 40.5 Å². The van der Waals surface area contributed by atoms with Gasteiger partial charge in [-0.15, -0.1) is 0 Å². The zero-order chi connectivity index (χ0) is 13.4. The topological polar surface area (TPSA) is 42.7 Å². The van der Waals surface area contributed by atoms with E-state index < -0.39 is 0 Å². The number of hydrogen-bond donors (Lipinski definition) is 1. The van der Waals surface area contributed by atoms with Crippen LogP contribution in [-0.4, -0.2) is 14.8 Å². The van der Waals surface area contributed by atoms with Crippen molar-refractivity contribution in [2.24, 2.45) is 7.05 Å². The lowest BCUT2D eigenvalue weighted by atomic mass is 10.2. The third-order valence-corrected chi connectivity index (χ3v) is 4.14. The van der Waals surface area contributed by atoms with Crippen LogP contribution in [0.1, 0.15) is 16.8 Å². The quantitative estimate of drug-likeness (QED) is 0.796. The van der Waals surface area contributed by atoms with Gasteiger partial charge in [-0.2, -0.15) is 5.10 Å². The molecule has 0 aliphatic rings. The maximum absolute atomic E-state index is 4.64. The summed E-state index contributed by atoms with van der Waals surface area (Å²) in [5, 5.41) is 8.69. The highest BCUT2D eigenvalue weighted by Crippen LogP contribution is 2.28. The summed E-state index contributed by atoms with van der Waals surface area (Å²) in [6.45, 7) is 4.88. The lowest BCUT2D eigenvalue weighted by Gasteiger charge is -2.00. The van der Waals surface area contributed by atoms with Crippen LogP contribution < -0.4 is 5.32 Å². The van der Waals surface area contributed by atoms with E-state index in [0.717, 1.165) is 22.9 Å². The fourth-order valence-corrected chi connectivity index (χ4v) is 3.09. The number of aryl methyl sites for hydroxylation is 3. The summed E-state index contributed by atoms with van der Waals surface area (Å²) in [6, 6.07) is 6.28. The Morgan fingerprint density at radius 3 is 2.84 bits per heavy atom. The van der Waals surface area contributed by atoms with Crippen LogP contribution in [0.3, 0.4) is 0 Å². The van der Waals surface area contributed by atoms with E-state index in [1.807, 2.05) is 24.9 Å². The minimum absolute atomic E-state index is 0.762. The third-order valence-electron chi connectivity index (χ3n) is 3.17. The molecule has 0 bridgehead atoms. The largest absolute Gasteiger partial charge is 0.357 e. The van der Waals surface area contributed by atoms with Gasteiger partial charge in [-0.25, -0.2) is 4.98 Å². The van der Waals surface area contributed by atoms with Gasteiger partial charge in [-0.1, -0.05) is 23.5 Å². The summed E-state index contributed by atoms with van der Waals surface area (Å²) in [7, 11) is 1.94. The second kappa shape index (κ2) is 4.66. The molecule has 5 heteroatoms. The van der Waals surface area contributed by atoms with Crippen molar-refractivity contribution in [2.45, 2.75) is 20.4 Å². The lowest BCUT2D eigenvalue weighted by Crippen LogP contribution is -1.99. The van der Waals surface area contributed by atoms with Gasteiger partial charge >= 0.3 is 0 Å². The molecule has 19 heavy (non-hydrogen) atoms. The Labute approximate surface area is 116 Å². The van der Waals surface area contributed by atoms with Crippen molar-refractivity contribution >= 4 is 26.7 Å². The molecule has 0 saturated heterocycles. The summed E-state index contributed by atoms with van der Waals surface area (Å²) in [5.74, 6) is 0. The van der Waals surface area contributed by atoms with Crippen LogP contribution in [0.5, 0.6) is 0 Å². The first-order chi connectivity index (χ1) is 9.13. The second-order valence-electron chi connectivity index (χ2n) is 4.71. The minimum Gasteiger partial charge on any atom is -0.357 e. The highest BCUT2D eigenvalue weighted by Gasteiger charge is 2.07. The molecule has 0 unspecified atom stereocenters. The second-order valence-corrected chi connectivity index (χ2v) is 5.74. The number of thiazole rings is 1. The molecule has 0 aliphatic carbocycles. The molecule has 0 saturated carbocycles. The molecular weight excluding hydrogens is 256 g/mol. The summed E-state index contributed by atoms with van der Waals surface area (Å²) in [5.41, 5.74) is 4.59. The smallest absolute Gasteiger partial charge is 0.184 e. The fraction of sp³-hybridized carbons (Fsp3) is 0.286. The van der Waals surface area contributed by atoms with Crippen LogP contribution in [0.25, 0.3) is 10.2 Å². The summed E-state index contributed by atoms with van der Waals surface area (Å²) >= 11 is 1.69. The third kappa shape index (κ3) is 2.33. The van der Waals surface area contributed by atoms with Crippen molar-refractivity contribution in [3.8, 4) is 0 Å². The first-order valence-corrected chi connectivity index (χ1v) is 7.04. The number of rotatable bonds is 3. The number of aromatic nitrogens is 3.